The number of rotatable bonds is 17. The van der Waals surface area contributed by atoms with Crippen molar-refractivity contribution in [3.8, 4) is 0 Å². The van der Waals surface area contributed by atoms with Gasteiger partial charge in [0.25, 0.3) is 0 Å². The lowest BCUT2D eigenvalue weighted by Crippen LogP contribution is -2.49. The van der Waals surface area contributed by atoms with Gasteiger partial charge in [-0.1, -0.05) is 93.0 Å². The largest absolute Gasteiger partial charge is 0.377 e. The molecule has 1 aliphatic carbocycles. The summed E-state index contributed by atoms with van der Waals surface area (Å²) in [5.74, 6) is 0. The maximum absolute atomic E-state index is 13.7. The molecule has 0 radical (unpaired) electrons. The van der Waals surface area contributed by atoms with Gasteiger partial charge in [-0.2, -0.15) is 4.31 Å². The molecule has 0 N–H and O–H groups in total. The molecule has 5 heteroatoms. The number of sulfonamides is 1. The average Bonchev–Trinajstić information content (AvgIpc) is 2.86. The van der Waals surface area contributed by atoms with Gasteiger partial charge < -0.3 is 4.74 Å². The second-order valence-electron chi connectivity index (χ2n) is 9.65. The molecule has 4 nitrogen and oxygen atoms in total. The fourth-order valence-electron chi connectivity index (χ4n) is 4.72. The fraction of sp³-hybridized carbons (Fsp3) is 0.600. The van der Waals surface area contributed by atoms with E-state index >= 15 is 0 Å². The molecule has 196 valence electrons. The highest BCUT2D eigenvalue weighted by molar-refractivity contribution is 7.89. The predicted octanol–water partition coefficient (Wildman–Crippen LogP) is 7.75. The van der Waals surface area contributed by atoms with Gasteiger partial charge in [0.2, 0.25) is 10.0 Å². The smallest absolute Gasteiger partial charge is 0.243 e. The van der Waals surface area contributed by atoms with Crippen molar-refractivity contribution in [1.29, 1.82) is 0 Å². The zero-order chi connectivity index (χ0) is 25.4. The number of allylic oxidation sites excluding steroid dienone is 4. The lowest BCUT2D eigenvalue weighted by atomic mass is 9.92. The Labute approximate surface area is 215 Å². The van der Waals surface area contributed by atoms with Crippen molar-refractivity contribution in [3.63, 3.8) is 0 Å². The summed E-state index contributed by atoms with van der Waals surface area (Å²) in [4.78, 5) is 0.361. The van der Waals surface area contributed by atoms with Crippen LogP contribution < -0.4 is 0 Å². The molecule has 1 aromatic rings. The Balaban J connectivity index is 1.98. The van der Waals surface area contributed by atoms with E-state index in [2.05, 4.69) is 6.58 Å². The van der Waals surface area contributed by atoms with Crippen molar-refractivity contribution in [2.75, 3.05) is 13.2 Å². The molecule has 2 atom stereocenters. The zero-order valence-corrected chi connectivity index (χ0v) is 22.9. The first-order valence-corrected chi connectivity index (χ1v) is 15.0. The van der Waals surface area contributed by atoms with Crippen LogP contribution in [-0.2, 0) is 14.8 Å². The molecule has 0 aromatic heterocycles. The van der Waals surface area contributed by atoms with Crippen molar-refractivity contribution in [3.05, 3.63) is 66.8 Å². The Hall–Kier alpha value is -1.69. The fourth-order valence-corrected chi connectivity index (χ4v) is 6.35. The molecule has 2 rings (SSSR count). The van der Waals surface area contributed by atoms with Crippen LogP contribution in [0.1, 0.15) is 89.5 Å². The number of unbranched alkanes of at least 4 members (excludes halogenated alkanes) is 7. The second kappa shape index (κ2) is 16.9. The van der Waals surface area contributed by atoms with Gasteiger partial charge in [0.05, 0.1) is 17.0 Å². The quantitative estimate of drug-likeness (QED) is 0.124. The molecule has 0 heterocycles. The first-order valence-electron chi connectivity index (χ1n) is 13.6. The molecule has 0 unspecified atom stereocenters. The molecule has 0 aliphatic heterocycles. The Kier molecular flexibility index (Phi) is 14.3. The van der Waals surface area contributed by atoms with Gasteiger partial charge >= 0.3 is 0 Å². The van der Waals surface area contributed by atoms with E-state index in [0.717, 1.165) is 44.1 Å². The second-order valence-corrected chi connectivity index (χ2v) is 11.5. The summed E-state index contributed by atoms with van der Waals surface area (Å²) < 4.78 is 35.5. The summed E-state index contributed by atoms with van der Waals surface area (Å²) in [6, 6.07) is 7.06. The van der Waals surface area contributed by atoms with Crippen LogP contribution in [0.5, 0.6) is 0 Å². The maximum atomic E-state index is 13.7. The Bertz CT molecular complexity index is 873. The Morgan fingerprint density at radius 1 is 0.971 bits per heavy atom. The Morgan fingerprint density at radius 2 is 1.63 bits per heavy atom. The van der Waals surface area contributed by atoms with Crippen molar-refractivity contribution in [1.82, 2.24) is 4.31 Å². The van der Waals surface area contributed by atoms with Crippen LogP contribution in [0.3, 0.4) is 0 Å². The number of ether oxygens (including phenoxy) is 1. The number of aryl methyl sites for hydroxylation is 1. The van der Waals surface area contributed by atoms with Gasteiger partial charge in [-0.05, 0) is 58.1 Å². The minimum absolute atomic E-state index is 0.0435. The average molecular weight is 502 g/mol. The SMILES string of the molecule is C=CCCCCCCCCCO[C@@H]1CCCC[C@H]1N(C/C=C/C=C/C)S(=O)(=O)c1ccc(C)cc1. The van der Waals surface area contributed by atoms with E-state index in [4.69, 9.17) is 4.74 Å². The summed E-state index contributed by atoms with van der Waals surface area (Å²) in [5.41, 5.74) is 1.05. The molecule has 35 heavy (non-hydrogen) atoms. The standard InChI is InChI=1S/C30H47NO3S/c1-4-6-8-10-11-12-13-14-18-26-34-30-20-16-15-19-29(30)31(25-17-9-7-5-2)35(32,33)28-23-21-27(3)22-24-28/h4-5,7,9,17,21-24,29-30H,1,6,8,10-16,18-20,25-26H2,2-3H3/b7-5+,17-9+/t29-,30-/m1/s1. The number of hydrogen-bond acceptors (Lipinski definition) is 3. The van der Waals surface area contributed by atoms with E-state index in [-0.39, 0.29) is 12.1 Å². The molecule has 0 saturated heterocycles. The number of nitrogens with zero attached hydrogens (tertiary/aromatic N) is 1. The van der Waals surface area contributed by atoms with E-state index in [1.807, 2.05) is 56.4 Å². The van der Waals surface area contributed by atoms with E-state index in [9.17, 15) is 8.42 Å². The Morgan fingerprint density at radius 3 is 2.31 bits per heavy atom. The van der Waals surface area contributed by atoms with E-state index in [1.54, 1.807) is 16.4 Å². The van der Waals surface area contributed by atoms with Crippen LogP contribution in [0.2, 0.25) is 0 Å². The summed E-state index contributed by atoms with van der Waals surface area (Å²) in [7, 11) is -3.62. The van der Waals surface area contributed by atoms with Crippen molar-refractivity contribution in [2.45, 2.75) is 108 Å². The molecular formula is C30H47NO3S. The van der Waals surface area contributed by atoms with Crippen LogP contribution >= 0.6 is 0 Å². The molecular weight excluding hydrogens is 454 g/mol. The topological polar surface area (TPSA) is 46.6 Å². The van der Waals surface area contributed by atoms with Crippen LogP contribution in [0.15, 0.2) is 66.1 Å². The van der Waals surface area contributed by atoms with Crippen molar-refractivity contribution in [2.24, 2.45) is 0 Å². The molecule has 0 amide bonds. The normalized spacial score (nSPS) is 19.2. The highest BCUT2D eigenvalue weighted by Gasteiger charge is 2.37. The van der Waals surface area contributed by atoms with Gasteiger partial charge in [0.1, 0.15) is 0 Å². The molecule has 0 spiro atoms. The highest BCUT2D eigenvalue weighted by Crippen LogP contribution is 2.30. The van der Waals surface area contributed by atoms with E-state index in [1.165, 1.54) is 38.5 Å². The molecule has 1 fully saturated rings. The molecule has 0 bridgehead atoms. The van der Waals surface area contributed by atoms with Crippen LogP contribution in [0.4, 0.5) is 0 Å². The van der Waals surface area contributed by atoms with E-state index in [0.29, 0.717) is 18.0 Å². The van der Waals surface area contributed by atoms with Crippen LogP contribution in [-0.4, -0.2) is 38.0 Å². The first kappa shape index (κ1) is 29.5. The van der Waals surface area contributed by atoms with Crippen molar-refractivity contribution < 1.29 is 13.2 Å². The summed E-state index contributed by atoms with van der Waals surface area (Å²) >= 11 is 0. The summed E-state index contributed by atoms with van der Waals surface area (Å²) in [6.07, 6.45) is 23.3. The lowest BCUT2D eigenvalue weighted by molar-refractivity contribution is -0.0150. The lowest BCUT2D eigenvalue weighted by Gasteiger charge is -2.38. The van der Waals surface area contributed by atoms with Gasteiger partial charge in [-0.15, -0.1) is 6.58 Å². The predicted molar refractivity (Wildman–Crippen MR) is 148 cm³/mol. The minimum atomic E-state index is -3.62. The highest BCUT2D eigenvalue weighted by atomic mass is 32.2. The maximum Gasteiger partial charge on any atom is 0.243 e. The number of hydrogen-bond donors (Lipinski definition) is 0. The first-order chi connectivity index (χ1) is 17.0. The van der Waals surface area contributed by atoms with Gasteiger partial charge in [-0.25, -0.2) is 8.42 Å². The summed E-state index contributed by atoms with van der Waals surface area (Å²) in [6.45, 7) is 8.78. The van der Waals surface area contributed by atoms with Crippen molar-refractivity contribution >= 4 is 10.0 Å². The third-order valence-corrected chi connectivity index (χ3v) is 8.68. The van der Waals surface area contributed by atoms with Gasteiger partial charge in [0, 0.05) is 13.2 Å². The minimum Gasteiger partial charge on any atom is -0.377 e. The zero-order valence-electron chi connectivity index (χ0n) is 22.0. The van der Waals surface area contributed by atoms with E-state index < -0.39 is 10.0 Å². The number of benzene rings is 1. The molecule has 1 aliphatic rings. The van der Waals surface area contributed by atoms with Gasteiger partial charge in [-0.3, -0.25) is 0 Å². The third kappa shape index (κ3) is 10.4. The molecule has 1 saturated carbocycles. The molecule has 1 aromatic carbocycles. The van der Waals surface area contributed by atoms with Crippen LogP contribution in [0.25, 0.3) is 0 Å². The van der Waals surface area contributed by atoms with Crippen LogP contribution in [0, 0.1) is 6.92 Å². The monoisotopic (exact) mass is 501 g/mol. The van der Waals surface area contributed by atoms with Gasteiger partial charge in [0.15, 0.2) is 0 Å². The summed E-state index contributed by atoms with van der Waals surface area (Å²) in [5, 5.41) is 0. The third-order valence-electron chi connectivity index (χ3n) is 6.77.